The Bertz CT molecular complexity index is 1090. The number of ether oxygens (including phenoxy) is 1. The number of carbonyl (C=O) groups is 2. The van der Waals surface area contributed by atoms with Crippen LogP contribution in [-0.4, -0.2) is 58.1 Å². The first-order valence-electron chi connectivity index (χ1n) is 11.3. The van der Waals surface area contributed by atoms with E-state index >= 15 is 0 Å². The molecule has 1 N–H and O–H groups in total. The molecule has 33 heavy (non-hydrogen) atoms. The maximum atomic E-state index is 12.6. The summed E-state index contributed by atoms with van der Waals surface area (Å²) >= 11 is 0. The van der Waals surface area contributed by atoms with Crippen molar-refractivity contribution in [2.75, 3.05) is 31.1 Å². The Morgan fingerprint density at radius 3 is 2.36 bits per heavy atom. The third kappa shape index (κ3) is 5.45. The smallest absolute Gasteiger partial charge is 0.410 e. The van der Waals surface area contributed by atoms with Gasteiger partial charge in [0, 0.05) is 44.3 Å². The van der Waals surface area contributed by atoms with Crippen molar-refractivity contribution >= 4 is 23.3 Å². The van der Waals surface area contributed by atoms with Crippen LogP contribution in [-0.2, 0) is 4.74 Å². The maximum absolute atomic E-state index is 12.6. The molecule has 0 aliphatic carbocycles. The number of rotatable bonds is 4. The molecule has 1 unspecified atom stereocenters. The summed E-state index contributed by atoms with van der Waals surface area (Å²) in [6.45, 7) is 10.3. The lowest BCUT2D eigenvalue weighted by Crippen LogP contribution is -2.50. The molecule has 1 aliphatic rings. The Morgan fingerprint density at radius 1 is 1.03 bits per heavy atom. The molecular weight excluding hydrogens is 418 g/mol. The van der Waals surface area contributed by atoms with Gasteiger partial charge in [-0.25, -0.2) is 9.78 Å². The van der Waals surface area contributed by atoms with E-state index in [-0.39, 0.29) is 18.0 Å². The molecule has 4 rings (SSSR count). The predicted molar refractivity (Wildman–Crippen MR) is 128 cm³/mol. The lowest BCUT2D eigenvalue weighted by Gasteiger charge is -2.36. The number of nitrogens with one attached hydrogen (secondary N) is 1. The highest BCUT2D eigenvalue weighted by Gasteiger charge is 2.26. The van der Waals surface area contributed by atoms with Gasteiger partial charge in [-0.15, -0.1) is 0 Å². The van der Waals surface area contributed by atoms with Crippen LogP contribution in [0, 0.1) is 0 Å². The Kier molecular flexibility index (Phi) is 6.26. The van der Waals surface area contributed by atoms with Gasteiger partial charge < -0.3 is 24.3 Å². The molecule has 0 radical (unpaired) electrons. The van der Waals surface area contributed by atoms with Crippen molar-refractivity contribution < 1.29 is 14.3 Å². The quantitative estimate of drug-likeness (QED) is 0.654. The third-order valence-electron chi connectivity index (χ3n) is 5.63. The molecule has 1 aliphatic heterocycles. The van der Waals surface area contributed by atoms with Gasteiger partial charge in [-0.3, -0.25) is 4.79 Å². The number of imidazole rings is 1. The van der Waals surface area contributed by atoms with E-state index in [1.165, 1.54) is 0 Å². The molecule has 2 amide bonds. The van der Waals surface area contributed by atoms with Gasteiger partial charge in [0.05, 0.1) is 6.04 Å². The van der Waals surface area contributed by atoms with E-state index in [2.05, 4.69) is 27.3 Å². The van der Waals surface area contributed by atoms with E-state index in [0.717, 1.165) is 30.0 Å². The summed E-state index contributed by atoms with van der Waals surface area (Å²) in [6, 6.07) is 13.7. The monoisotopic (exact) mass is 449 g/mol. The minimum Gasteiger partial charge on any atom is -0.444 e. The zero-order chi connectivity index (χ0) is 23.6. The first-order chi connectivity index (χ1) is 15.7. The lowest BCUT2D eigenvalue weighted by atomic mass is 10.1. The highest BCUT2D eigenvalue weighted by Crippen LogP contribution is 2.21. The van der Waals surface area contributed by atoms with Gasteiger partial charge in [-0.05, 0) is 57.5 Å². The van der Waals surface area contributed by atoms with Crippen molar-refractivity contribution in [3.63, 3.8) is 0 Å². The van der Waals surface area contributed by atoms with Crippen molar-refractivity contribution in [3.8, 4) is 0 Å². The van der Waals surface area contributed by atoms with Crippen LogP contribution in [0.2, 0.25) is 0 Å². The van der Waals surface area contributed by atoms with Gasteiger partial charge in [0.15, 0.2) is 0 Å². The molecular formula is C25H31N5O3. The number of anilines is 1. The van der Waals surface area contributed by atoms with E-state index in [1.807, 2.05) is 68.6 Å². The number of piperazine rings is 1. The largest absolute Gasteiger partial charge is 0.444 e. The number of carbonyl (C=O) groups excluding carboxylic acids is 2. The minimum absolute atomic E-state index is 0.152. The Hall–Kier alpha value is -3.55. The molecule has 3 aromatic rings. The number of benzene rings is 1. The van der Waals surface area contributed by atoms with E-state index in [4.69, 9.17) is 4.74 Å². The molecule has 1 fully saturated rings. The van der Waals surface area contributed by atoms with Gasteiger partial charge in [0.2, 0.25) is 0 Å². The first kappa shape index (κ1) is 22.6. The number of hydrogen-bond donors (Lipinski definition) is 1. The Labute approximate surface area is 194 Å². The van der Waals surface area contributed by atoms with Gasteiger partial charge in [-0.2, -0.15) is 0 Å². The second kappa shape index (κ2) is 9.13. The van der Waals surface area contributed by atoms with Gasteiger partial charge in [-0.1, -0.05) is 18.2 Å². The second-order valence-corrected chi connectivity index (χ2v) is 9.33. The molecule has 174 valence electrons. The van der Waals surface area contributed by atoms with E-state index in [0.29, 0.717) is 18.8 Å². The number of pyridine rings is 1. The highest BCUT2D eigenvalue weighted by atomic mass is 16.6. The van der Waals surface area contributed by atoms with E-state index in [9.17, 15) is 9.59 Å². The zero-order valence-corrected chi connectivity index (χ0v) is 19.6. The normalized spacial score (nSPS) is 15.4. The SMILES string of the molecule is CC(NC(=O)c1cn2ccccc2n1)c1ccc(N2CCN(C(=O)OC(C)(C)C)CC2)cc1. The lowest BCUT2D eigenvalue weighted by molar-refractivity contribution is 0.0240. The van der Waals surface area contributed by atoms with Crippen molar-refractivity contribution in [2.45, 2.75) is 39.3 Å². The summed E-state index contributed by atoms with van der Waals surface area (Å²) in [5.41, 5.74) is 2.77. The molecule has 0 bridgehead atoms. The summed E-state index contributed by atoms with van der Waals surface area (Å²) in [6.07, 6.45) is 3.35. The topological polar surface area (TPSA) is 79.2 Å². The van der Waals surface area contributed by atoms with Crippen LogP contribution in [0.1, 0.15) is 49.8 Å². The fraction of sp³-hybridized carbons (Fsp3) is 0.400. The van der Waals surface area contributed by atoms with Crippen LogP contribution < -0.4 is 10.2 Å². The van der Waals surface area contributed by atoms with Crippen LogP contribution in [0.15, 0.2) is 54.9 Å². The Balaban J connectivity index is 1.32. The average molecular weight is 450 g/mol. The molecule has 8 heteroatoms. The number of amides is 2. The predicted octanol–water partition coefficient (Wildman–Crippen LogP) is 3.88. The zero-order valence-electron chi connectivity index (χ0n) is 19.6. The molecule has 1 saturated heterocycles. The van der Waals surface area contributed by atoms with Crippen LogP contribution in [0.3, 0.4) is 0 Å². The van der Waals surface area contributed by atoms with Crippen LogP contribution in [0.25, 0.3) is 5.65 Å². The number of aromatic nitrogens is 2. The minimum atomic E-state index is -0.485. The van der Waals surface area contributed by atoms with Gasteiger partial charge in [0.1, 0.15) is 16.9 Å². The van der Waals surface area contributed by atoms with Crippen molar-refractivity contribution in [1.82, 2.24) is 19.6 Å². The van der Waals surface area contributed by atoms with Crippen molar-refractivity contribution in [3.05, 3.63) is 66.1 Å². The molecule has 1 atom stereocenters. The summed E-state index contributed by atoms with van der Waals surface area (Å²) in [7, 11) is 0. The number of fused-ring (bicyclic) bond motifs is 1. The number of hydrogen-bond acceptors (Lipinski definition) is 5. The second-order valence-electron chi connectivity index (χ2n) is 9.33. The summed E-state index contributed by atoms with van der Waals surface area (Å²) < 4.78 is 7.30. The summed E-state index contributed by atoms with van der Waals surface area (Å²) in [5, 5.41) is 3.02. The highest BCUT2D eigenvalue weighted by molar-refractivity contribution is 5.93. The van der Waals surface area contributed by atoms with E-state index in [1.54, 1.807) is 11.1 Å². The third-order valence-corrected chi connectivity index (χ3v) is 5.63. The average Bonchev–Trinajstić information content (AvgIpc) is 3.23. The molecule has 3 heterocycles. The van der Waals surface area contributed by atoms with Gasteiger partial charge in [0.25, 0.3) is 5.91 Å². The molecule has 2 aromatic heterocycles. The van der Waals surface area contributed by atoms with Crippen LogP contribution >= 0.6 is 0 Å². The van der Waals surface area contributed by atoms with Crippen LogP contribution in [0.4, 0.5) is 10.5 Å². The standard InChI is InChI=1S/C25H31N5O3/c1-18(26-23(31)21-17-30-12-6-5-7-22(30)27-21)19-8-10-20(11-9-19)28-13-15-29(16-14-28)24(32)33-25(2,3)4/h5-12,17-18H,13-16H2,1-4H3,(H,26,31). The summed E-state index contributed by atoms with van der Waals surface area (Å²) in [5.74, 6) is -0.200. The molecule has 1 aromatic carbocycles. The first-order valence-corrected chi connectivity index (χ1v) is 11.3. The fourth-order valence-corrected chi connectivity index (χ4v) is 3.85. The van der Waals surface area contributed by atoms with Crippen molar-refractivity contribution in [2.24, 2.45) is 0 Å². The van der Waals surface area contributed by atoms with Crippen LogP contribution in [0.5, 0.6) is 0 Å². The Morgan fingerprint density at radius 2 is 1.73 bits per heavy atom. The molecule has 0 saturated carbocycles. The van der Waals surface area contributed by atoms with Crippen molar-refractivity contribution in [1.29, 1.82) is 0 Å². The number of nitrogens with zero attached hydrogens (tertiary/aromatic N) is 4. The molecule has 8 nitrogen and oxygen atoms in total. The fourth-order valence-electron chi connectivity index (χ4n) is 3.85. The van der Waals surface area contributed by atoms with E-state index < -0.39 is 5.60 Å². The molecule has 0 spiro atoms. The van der Waals surface area contributed by atoms with Gasteiger partial charge >= 0.3 is 6.09 Å². The summed E-state index contributed by atoms with van der Waals surface area (Å²) in [4.78, 5) is 33.3. The maximum Gasteiger partial charge on any atom is 0.410 e.